The third-order valence-electron chi connectivity index (χ3n) is 12.1. The molecule has 0 saturated heterocycles. The van der Waals surface area contributed by atoms with Crippen molar-refractivity contribution in [3.05, 3.63) is 211 Å². The van der Waals surface area contributed by atoms with Crippen molar-refractivity contribution in [2.45, 2.75) is 19.3 Å². The van der Waals surface area contributed by atoms with E-state index < -0.39 is 0 Å². The molecule has 3 heterocycles. The lowest BCUT2D eigenvalue weighted by Crippen LogP contribution is -2.23. The molecule has 7 aromatic carbocycles. The Morgan fingerprint density at radius 2 is 1.15 bits per heavy atom. The van der Waals surface area contributed by atoms with Crippen molar-refractivity contribution in [3.63, 3.8) is 0 Å². The average molecular weight is 772 g/mol. The maximum absolute atomic E-state index is 5.13. The third kappa shape index (κ3) is 5.58. The Morgan fingerprint density at radius 1 is 0.567 bits per heavy atom. The molecule has 0 N–H and O–H groups in total. The van der Waals surface area contributed by atoms with E-state index in [2.05, 4.69) is 151 Å². The molecule has 60 heavy (non-hydrogen) atoms. The summed E-state index contributed by atoms with van der Waals surface area (Å²) in [4.78, 5) is 17.7. The first-order chi connectivity index (χ1) is 29.5. The van der Waals surface area contributed by atoms with Gasteiger partial charge in [-0.25, -0.2) is 15.0 Å². The summed E-state index contributed by atoms with van der Waals surface area (Å²) in [7, 11) is 0. The average Bonchev–Trinajstić information content (AvgIpc) is 3.79. The van der Waals surface area contributed by atoms with Gasteiger partial charge < -0.3 is 9.47 Å². The van der Waals surface area contributed by atoms with Gasteiger partial charge in [-0.3, -0.25) is 0 Å². The molecule has 5 heteroatoms. The lowest BCUT2D eigenvalue weighted by molar-refractivity contribution is 0.659. The summed E-state index contributed by atoms with van der Waals surface area (Å²) in [5.74, 6) is 1.88. The zero-order valence-electron chi connectivity index (χ0n) is 33.5. The maximum Gasteiger partial charge on any atom is 0.164 e. The lowest BCUT2D eigenvalue weighted by atomic mass is 9.77. The van der Waals surface area contributed by atoms with Crippen LogP contribution in [0.4, 0.5) is 11.4 Å². The van der Waals surface area contributed by atoms with E-state index in [4.69, 9.17) is 21.5 Å². The summed E-state index contributed by atoms with van der Waals surface area (Å²) in [5, 5.41) is 2.47. The molecule has 1 aliphatic heterocycles. The minimum Gasteiger partial charge on any atom is -0.335 e. The molecule has 2 aromatic heterocycles. The summed E-state index contributed by atoms with van der Waals surface area (Å²) in [5.41, 5.74) is 15.4. The van der Waals surface area contributed by atoms with Gasteiger partial charge in [0.2, 0.25) is 0 Å². The van der Waals surface area contributed by atoms with Gasteiger partial charge in [0.25, 0.3) is 0 Å². The maximum atomic E-state index is 5.13. The van der Waals surface area contributed by atoms with Crippen LogP contribution in [0.15, 0.2) is 195 Å². The van der Waals surface area contributed by atoms with Gasteiger partial charge in [0, 0.05) is 56.4 Å². The minimum atomic E-state index is -0.307. The Kier molecular flexibility index (Phi) is 8.31. The van der Waals surface area contributed by atoms with Crippen LogP contribution < -0.4 is 4.90 Å². The molecule has 0 atom stereocenters. The molecular weight excluding hydrogens is 731 g/mol. The first kappa shape index (κ1) is 35.5. The molecule has 0 bridgehead atoms. The normalized spacial score (nSPS) is 15.2. The van der Waals surface area contributed by atoms with Gasteiger partial charge in [-0.05, 0) is 58.2 Å². The van der Waals surface area contributed by atoms with E-state index in [1.165, 1.54) is 33.0 Å². The molecule has 0 radical (unpaired) electrons. The lowest BCUT2D eigenvalue weighted by Gasteiger charge is -2.33. The number of benzene rings is 7. The molecule has 0 amide bonds. The van der Waals surface area contributed by atoms with Gasteiger partial charge in [0.15, 0.2) is 17.5 Å². The van der Waals surface area contributed by atoms with Crippen LogP contribution in [0.2, 0.25) is 0 Å². The second kappa shape index (κ2) is 14.0. The van der Waals surface area contributed by atoms with Gasteiger partial charge in [-0.2, -0.15) is 0 Å². The molecule has 286 valence electrons. The molecule has 11 rings (SSSR count). The van der Waals surface area contributed by atoms with E-state index in [-0.39, 0.29) is 5.41 Å². The molecule has 0 saturated carbocycles. The van der Waals surface area contributed by atoms with E-state index in [1.807, 2.05) is 60.7 Å². The van der Waals surface area contributed by atoms with Crippen LogP contribution >= 0.6 is 0 Å². The van der Waals surface area contributed by atoms with E-state index in [9.17, 15) is 0 Å². The van der Waals surface area contributed by atoms with Crippen molar-refractivity contribution in [2.75, 3.05) is 11.4 Å². The number of allylic oxidation sites excluding steroid dienone is 4. The Hall–Kier alpha value is -7.63. The van der Waals surface area contributed by atoms with E-state index in [0.29, 0.717) is 24.0 Å². The second-order valence-corrected chi connectivity index (χ2v) is 16.1. The Labute approximate surface area is 350 Å². The fourth-order valence-corrected chi connectivity index (χ4v) is 9.48. The topological polar surface area (TPSA) is 46.8 Å². The summed E-state index contributed by atoms with van der Waals surface area (Å²) < 4.78 is 2.47. The van der Waals surface area contributed by atoms with Crippen LogP contribution in [0.3, 0.4) is 0 Å². The molecule has 1 aliphatic carbocycles. The number of rotatable bonds is 5. The van der Waals surface area contributed by atoms with Gasteiger partial charge in [0.1, 0.15) is 0 Å². The van der Waals surface area contributed by atoms with Crippen molar-refractivity contribution in [1.29, 1.82) is 0 Å². The first-order valence-electron chi connectivity index (χ1n) is 20.5. The highest BCUT2D eigenvalue weighted by Crippen LogP contribution is 2.59. The summed E-state index contributed by atoms with van der Waals surface area (Å²) in [6.07, 6.45) is 8.69. The van der Waals surface area contributed by atoms with Crippen molar-refractivity contribution in [3.8, 4) is 51.0 Å². The highest BCUT2D eigenvalue weighted by molar-refractivity contribution is 6.24. The summed E-state index contributed by atoms with van der Waals surface area (Å²) in [6, 6.07) is 57.6. The fraction of sp³-hybridized carbons (Fsp3) is 0.0727. The highest BCUT2D eigenvalue weighted by Gasteiger charge is 2.42. The number of anilines is 2. The van der Waals surface area contributed by atoms with Gasteiger partial charge >= 0.3 is 0 Å². The number of nitrogens with zero attached hydrogens (tertiary/aromatic N) is 5. The van der Waals surface area contributed by atoms with E-state index in [0.717, 1.165) is 55.9 Å². The zero-order chi connectivity index (χ0) is 40.4. The minimum absolute atomic E-state index is 0.307. The smallest absolute Gasteiger partial charge is 0.164 e. The Morgan fingerprint density at radius 3 is 1.87 bits per heavy atom. The molecule has 2 aliphatic rings. The highest BCUT2D eigenvalue weighted by atomic mass is 15.2. The fourth-order valence-electron chi connectivity index (χ4n) is 9.48. The molecule has 5 nitrogen and oxygen atoms in total. The Balaban J connectivity index is 1.24. The number of aromatic nitrogens is 4. The van der Waals surface area contributed by atoms with Crippen molar-refractivity contribution >= 4 is 38.8 Å². The van der Waals surface area contributed by atoms with Gasteiger partial charge in [-0.15, -0.1) is 0 Å². The summed E-state index contributed by atoms with van der Waals surface area (Å²) in [6.45, 7) is 10.2. The molecular formula is C55H41N5. The third-order valence-corrected chi connectivity index (χ3v) is 12.1. The Bertz CT molecular complexity index is 3150. The van der Waals surface area contributed by atoms with Crippen molar-refractivity contribution in [1.82, 2.24) is 19.5 Å². The predicted octanol–water partition coefficient (Wildman–Crippen LogP) is 13.6. The van der Waals surface area contributed by atoms with Crippen LogP contribution in [-0.4, -0.2) is 26.1 Å². The van der Waals surface area contributed by atoms with Crippen LogP contribution in [0.5, 0.6) is 0 Å². The number of hydrogen-bond donors (Lipinski definition) is 0. The standard InChI is InChI=1S/C55H41N5/c1-36-21-8-7-19-34-59(41-29-20-26-39(35-41)54-57-52(37-22-9-4-10-23-37)56-53(58-54)38-24-11-5-12-25-38)50-46(36)49-47(42-30-15-17-32-44(42)55(49,2)3)48-43-31-16-18-33-45(43)60(51(48)50)40-27-13-6-14-28-40/h4-33,35H,1,34H2,2-3H3/b19-7-,21-8-. The van der Waals surface area contributed by atoms with E-state index in [1.54, 1.807) is 0 Å². The first-order valence-corrected chi connectivity index (χ1v) is 20.5. The van der Waals surface area contributed by atoms with Crippen LogP contribution in [0.1, 0.15) is 30.5 Å². The van der Waals surface area contributed by atoms with Gasteiger partial charge in [0.05, 0.1) is 16.7 Å². The molecule has 0 spiro atoms. The summed E-state index contributed by atoms with van der Waals surface area (Å²) >= 11 is 0. The van der Waals surface area contributed by atoms with Crippen molar-refractivity contribution in [2.24, 2.45) is 0 Å². The van der Waals surface area contributed by atoms with Crippen LogP contribution in [0.25, 0.3) is 78.4 Å². The second-order valence-electron chi connectivity index (χ2n) is 16.1. The largest absolute Gasteiger partial charge is 0.335 e. The van der Waals surface area contributed by atoms with Gasteiger partial charge in [-0.1, -0.05) is 178 Å². The monoisotopic (exact) mass is 771 g/mol. The molecule has 9 aromatic rings. The quantitative estimate of drug-likeness (QED) is 0.175. The molecule has 0 fully saturated rings. The van der Waals surface area contributed by atoms with E-state index >= 15 is 0 Å². The number of fused-ring (bicyclic) bond motifs is 10. The SMILES string of the molecule is C=C1/C=C\C=C/CN(c2cccc(-c3nc(-c4ccccc4)nc(-c4ccccc4)n3)c2)c2c1c1c(c3c4ccccc4n(-c4ccccc4)c23)-c2ccccc2C1(C)C. The van der Waals surface area contributed by atoms with Crippen LogP contribution in [-0.2, 0) is 5.41 Å². The number of hydrogen-bond acceptors (Lipinski definition) is 4. The zero-order valence-corrected chi connectivity index (χ0v) is 33.5. The van der Waals surface area contributed by atoms with Crippen LogP contribution in [0, 0.1) is 0 Å². The predicted molar refractivity (Wildman–Crippen MR) is 249 cm³/mol. The van der Waals surface area contributed by atoms with Crippen molar-refractivity contribution < 1.29 is 0 Å². The number of para-hydroxylation sites is 2. The molecule has 0 unspecified atom stereocenters.